The van der Waals surface area contributed by atoms with E-state index in [1.165, 1.54) is 12.1 Å². The molecule has 28 heavy (non-hydrogen) atoms. The number of phenolic OH excluding ortho intramolecular Hbond substituents is 1. The monoisotopic (exact) mass is 370 g/mol. The Labute approximate surface area is 159 Å². The van der Waals surface area contributed by atoms with Crippen LogP contribution < -0.4 is 0 Å². The lowest BCUT2D eigenvalue weighted by molar-refractivity contribution is 0.475. The van der Waals surface area contributed by atoms with Gasteiger partial charge in [-0.25, -0.2) is 9.37 Å². The summed E-state index contributed by atoms with van der Waals surface area (Å²) in [5.41, 5.74) is 6.25. The number of nitrogens with one attached hydrogen (secondary N) is 1. The van der Waals surface area contributed by atoms with Gasteiger partial charge in [-0.3, -0.25) is 9.50 Å². The smallest absolute Gasteiger partial charge is 0.137 e. The maximum atomic E-state index is 13.3. The van der Waals surface area contributed by atoms with Crippen molar-refractivity contribution in [3.63, 3.8) is 0 Å². The van der Waals surface area contributed by atoms with Gasteiger partial charge in [0.25, 0.3) is 0 Å². The zero-order valence-electron chi connectivity index (χ0n) is 14.7. The standard InChI is InChI=1S/C22H15FN4O/c23-17-6-1-15(2-7-17)22-19(11-25-26-22)16-5-10-21-24-12-20(27(21)13-16)14-3-8-18(28)9-4-14/h1-13,28H,(H,25,26). The number of phenols is 1. The van der Waals surface area contributed by atoms with Gasteiger partial charge in [0, 0.05) is 28.5 Å². The van der Waals surface area contributed by atoms with Gasteiger partial charge in [-0.1, -0.05) is 0 Å². The average molecular weight is 370 g/mol. The molecule has 0 aliphatic carbocycles. The number of nitrogens with zero attached hydrogens (tertiary/aromatic N) is 3. The quantitative estimate of drug-likeness (QED) is 0.475. The number of halogens is 1. The van der Waals surface area contributed by atoms with Crippen LogP contribution in [-0.4, -0.2) is 24.7 Å². The Kier molecular flexibility index (Phi) is 3.69. The van der Waals surface area contributed by atoms with Crippen molar-refractivity contribution in [1.82, 2.24) is 19.6 Å². The molecule has 136 valence electrons. The van der Waals surface area contributed by atoms with Crippen LogP contribution in [0, 0.1) is 5.82 Å². The Bertz CT molecular complexity index is 1270. The Morgan fingerprint density at radius 3 is 2.32 bits per heavy atom. The summed E-state index contributed by atoms with van der Waals surface area (Å²) < 4.78 is 15.3. The van der Waals surface area contributed by atoms with Gasteiger partial charge in [0.05, 0.1) is 23.8 Å². The molecule has 0 aliphatic rings. The number of benzene rings is 2. The number of rotatable bonds is 3. The molecule has 0 radical (unpaired) electrons. The molecular weight excluding hydrogens is 355 g/mol. The molecule has 0 unspecified atom stereocenters. The molecule has 0 saturated heterocycles. The van der Waals surface area contributed by atoms with E-state index in [0.717, 1.165) is 39.3 Å². The largest absolute Gasteiger partial charge is 0.508 e. The third-order valence-electron chi connectivity index (χ3n) is 4.75. The first-order valence-corrected chi connectivity index (χ1v) is 8.75. The minimum Gasteiger partial charge on any atom is -0.508 e. The van der Waals surface area contributed by atoms with Gasteiger partial charge >= 0.3 is 0 Å². The summed E-state index contributed by atoms with van der Waals surface area (Å²) in [6.45, 7) is 0. The first kappa shape index (κ1) is 16.3. The Hall–Kier alpha value is -3.93. The van der Waals surface area contributed by atoms with Gasteiger partial charge in [0.1, 0.15) is 17.2 Å². The SMILES string of the molecule is Oc1ccc(-c2cnc3ccc(-c4cn[nH]c4-c4ccc(F)cc4)cn23)cc1. The molecule has 3 aromatic heterocycles. The lowest BCUT2D eigenvalue weighted by atomic mass is 10.0. The summed E-state index contributed by atoms with van der Waals surface area (Å²) >= 11 is 0. The molecule has 2 aromatic carbocycles. The summed E-state index contributed by atoms with van der Waals surface area (Å²) in [7, 11) is 0. The minimum atomic E-state index is -0.275. The zero-order chi connectivity index (χ0) is 19.1. The summed E-state index contributed by atoms with van der Waals surface area (Å²) in [6.07, 6.45) is 5.57. The van der Waals surface area contributed by atoms with Crippen LogP contribution in [0.3, 0.4) is 0 Å². The molecule has 5 aromatic rings. The van der Waals surface area contributed by atoms with E-state index < -0.39 is 0 Å². The van der Waals surface area contributed by atoms with Crippen LogP contribution in [0.4, 0.5) is 4.39 Å². The van der Waals surface area contributed by atoms with Gasteiger partial charge in [0.2, 0.25) is 0 Å². The van der Waals surface area contributed by atoms with Crippen molar-refractivity contribution in [2.75, 3.05) is 0 Å². The van der Waals surface area contributed by atoms with E-state index in [0.29, 0.717) is 0 Å². The van der Waals surface area contributed by atoms with Crippen LogP contribution in [0.25, 0.3) is 39.3 Å². The molecule has 0 saturated carbocycles. The Morgan fingerprint density at radius 1 is 0.821 bits per heavy atom. The average Bonchev–Trinajstić information content (AvgIpc) is 3.36. The minimum absolute atomic E-state index is 0.223. The zero-order valence-corrected chi connectivity index (χ0v) is 14.7. The lowest BCUT2D eigenvalue weighted by Gasteiger charge is -2.07. The third kappa shape index (κ3) is 2.72. The molecule has 0 amide bonds. The molecule has 5 nitrogen and oxygen atoms in total. The Balaban J connectivity index is 1.63. The van der Waals surface area contributed by atoms with E-state index in [4.69, 9.17) is 0 Å². The molecule has 0 fully saturated rings. The van der Waals surface area contributed by atoms with Gasteiger partial charge in [-0.2, -0.15) is 5.10 Å². The number of aromatic nitrogens is 4. The van der Waals surface area contributed by atoms with Crippen molar-refractivity contribution >= 4 is 5.65 Å². The normalized spacial score (nSPS) is 11.2. The van der Waals surface area contributed by atoms with Crippen molar-refractivity contribution in [3.8, 4) is 39.4 Å². The molecule has 2 N–H and O–H groups in total. The molecule has 0 aliphatic heterocycles. The van der Waals surface area contributed by atoms with Gasteiger partial charge in [0.15, 0.2) is 0 Å². The first-order chi connectivity index (χ1) is 13.7. The van der Waals surface area contributed by atoms with Crippen molar-refractivity contribution in [2.45, 2.75) is 0 Å². The van der Waals surface area contributed by atoms with Crippen molar-refractivity contribution in [2.24, 2.45) is 0 Å². The molecule has 3 heterocycles. The third-order valence-corrected chi connectivity index (χ3v) is 4.75. The van der Waals surface area contributed by atoms with Gasteiger partial charge < -0.3 is 5.11 Å². The van der Waals surface area contributed by atoms with E-state index >= 15 is 0 Å². The number of imidazole rings is 1. The summed E-state index contributed by atoms with van der Waals surface area (Å²) in [5.74, 6) is -0.0520. The number of aromatic hydroxyl groups is 1. The number of H-pyrrole nitrogens is 1. The van der Waals surface area contributed by atoms with Crippen LogP contribution >= 0.6 is 0 Å². The fourth-order valence-corrected chi connectivity index (χ4v) is 3.33. The molecular formula is C22H15FN4O. The highest BCUT2D eigenvalue weighted by Gasteiger charge is 2.13. The first-order valence-electron chi connectivity index (χ1n) is 8.75. The highest BCUT2D eigenvalue weighted by molar-refractivity contribution is 5.81. The number of hydrogen-bond donors (Lipinski definition) is 2. The predicted molar refractivity (Wildman–Crippen MR) is 105 cm³/mol. The second-order valence-corrected chi connectivity index (χ2v) is 6.50. The fraction of sp³-hybridized carbons (Fsp3) is 0. The molecule has 0 spiro atoms. The lowest BCUT2D eigenvalue weighted by Crippen LogP contribution is -1.91. The fourth-order valence-electron chi connectivity index (χ4n) is 3.33. The number of pyridine rings is 1. The van der Waals surface area contributed by atoms with E-state index in [2.05, 4.69) is 15.2 Å². The molecule has 5 rings (SSSR count). The van der Waals surface area contributed by atoms with Crippen LogP contribution in [0.5, 0.6) is 5.75 Å². The molecule has 0 bridgehead atoms. The van der Waals surface area contributed by atoms with E-state index in [1.54, 1.807) is 30.5 Å². The Morgan fingerprint density at radius 2 is 1.54 bits per heavy atom. The van der Waals surface area contributed by atoms with E-state index in [9.17, 15) is 9.50 Å². The number of fused-ring (bicyclic) bond motifs is 1. The van der Waals surface area contributed by atoms with Crippen LogP contribution in [0.2, 0.25) is 0 Å². The second kappa shape index (κ2) is 6.35. The van der Waals surface area contributed by atoms with Crippen LogP contribution in [0.15, 0.2) is 79.3 Å². The van der Waals surface area contributed by atoms with E-state index in [1.807, 2.05) is 41.1 Å². The summed E-state index contributed by atoms with van der Waals surface area (Å²) in [5, 5.41) is 16.7. The number of aromatic amines is 1. The van der Waals surface area contributed by atoms with Crippen molar-refractivity contribution in [1.29, 1.82) is 0 Å². The second-order valence-electron chi connectivity index (χ2n) is 6.50. The van der Waals surface area contributed by atoms with Crippen molar-refractivity contribution < 1.29 is 9.50 Å². The summed E-state index contributed by atoms with van der Waals surface area (Å²) in [4.78, 5) is 4.47. The maximum Gasteiger partial charge on any atom is 0.137 e. The van der Waals surface area contributed by atoms with E-state index in [-0.39, 0.29) is 11.6 Å². The highest BCUT2D eigenvalue weighted by Crippen LogP contribution is 2.31. The summed E-state index contributed by atoms with van der Waals surface area (Å²) in [6, 6.07) is 17.3. The molecule has 6 heteroatoms. The van der Waals surface area contributed by atoms with Crippen LogP contribution in [-0.2, 0) is 0 Å². The van der Waals surface area contributed by atoms with Gasteiger partial charge in [-0.15, -0.1) is 0 Å². The maximum absolute atomic E-state index is 13.3. The number of hydrogen-bond acceptors (Lipinski definition) is 3. The van der Waals surface area contributed by atoms with Gasteiger partial charge in [-0.05, 0) is 60.7 Å². The predicted octanol–water partition coefficient (Wildman–Crippen LogP) is 4.90. The van der Waals surface area contributed by atoms with Crippen LogP contribution in [0.1, 0.15) is 0 Å². The highest BCUT2D eigenvalue weighted by atomic mass is 19.1. The topological polar surface area (TPSA) is 66.2 Å². The van der Waals surface area contributed by atoms with Crippen molar-refractivity contribution in [3.05, 3.63) is 85.1 Å². The molecule has 0 atom stereocenters.